The second-order valence-corrected chi connectivity index (χ2v) is 10.8. The predicted molar refractivity (Wildman–Crippen MR) is 137 cm³/mol. The van der Waals surface area contributed by atoms with Gasteiger partial charge in [0.2, 0.25) is 0 Å². The zero-order chi connectivity index (χ0) is 29.3. The number of rotatable bonds is 12. The number of hydrogen-bond donors (Lipinski definition) is 2. The van der Waals surface area contributed by atoms with Gasteiger partial charge in [-0.25, -0.2) is 13.2 Å². The summed E-state index contributed by atoms with van der Waals surface area (Å²) in [6.07, 6.45) is -5.88. The first kappa shape index (κ1) is 30.3. The average molecular weight is 582 g/mol. The van der Waals surface area contributed by atoms with Crippen LogP contribution in [0.25, 0.3) is 0 Å². The van der Waals surface area contributed by atoms with Crippen LogP contribution in [0, 0.1) is 5.92 Å². The number of sulfone groups is 1. The van der Waals surface area contributed by atoms with Crippen molar-refractivity contribution in [3.63, 3.8) is 0 Å². The van der Waals surface area contributed by atoms with Gasteiger partial charge in [0.1, 0.15) is 23.9 Å². The minimum Gasteiger partial charge on any atom is -0.481 e. The summed E-state index contributed by atoms with van der Waals surface area (Å²) >= 11 is 0. The van der Waals surface area contributed by atoms with Gasteiger partial charge in [0.05, 0.1) is 16.6 Å². The summed E-state index contributed by atoms with van der Waals surface area (Å²) in [4.78, 5) is 23.6. The van der Waals surface area contributed by atoms with E-state index in [1.807, 2.05) is 0 Å². The van der Waals surface area contributed by atoms with E-state index in [2.05, 4.69) is 10.1 Å². The summed E-state index contributed by atoms with van der Waals surface area (Å²) in [5.41, 5.74) is 0.716. The van der Waals surface area contributed by atoms with Crippen LogP contribution in [0.4, 0.5) is 18.0 Å². The Hall–Kier alpha value is -4.26. The maximum Gasteiger partial charge on any atom is 0.573 e. The van der Waals surface area contributed by atoms with Crippen LogP contribution in [0.2, 0.25) is 0 Å². The summed E-state index contributed by atoms with van der Waals surface area (Å²) < 4.78 is 77.6. The standard InChI is InChI=1S/C27H26F3NO8S/c1-18(25(32)33)15-20(31-26(34)37-16-19-5-3-2-4-6-19)17-40(35,36)24-13-11-22(12-14-24)38-21-7-9-23(10-8-21)39-27(28,29)30/h2-14,18,20H,15-17H2,1H3,(H,31,34)(H,32,33)/t18?,20-/m0/s1. The zero-order valence-electron chi connectivity index (χ0n) is 21.1. The summed E-state index contributed by atoms with van der Waals surface area (Å²) in [7, 11) is -4.00. The van der Waals surface area contributed by atoms with Crippen LogP contribution in [-0.4, -0.2) is 43.7 Å². The quantitative estimate of drug-likeness (QED) is 0.285. The fourth-order valence-electron chi connectivity index (χ4n) is 3.55. The van der Waals surface area contributed by atoms with Gasteiger partial charge in [0, 0.05) is 6.04 Å². The van der Waals surface area contributed by atoms with Crippen LogP contribution in [0.1, 0.15) is 18.9 Å². The van der Waals surface area contributed by atoms with Crippen LogP contribution in [-0.2, 0) is 26.0 Å². The predicted octanol–water partition coefficient (Wildman–Crippen LogP) is 5.56. The Labute approximate surface area is 228 Å². The normalized spacial score (nSPS) is 13.1. The highest BCUT2D eigenvalue weighted by atomic mass is 32.2. The second kappa shape index (κ2) is 13.2. The molecule has 0 aliphatic rings. The topological polar surface area (TPSA) is 128 Å². The third kappa shape index (κ3) is 9.80. The highest BCUT2D eigenvalue weighted by Gasteiger charge is 2.31. The lowest BCUT2D eigenvalue weighted by atomic mass is 10.0. The lowest BCUT2D eigenvalue weighted by Crippen LogP contribution is -2.42. The van der Waals surface area contributed by atoms with Crippen molar-refractivity contribution < 1.29 is 50.5 Å². The van der Waals surface area contributed by atoms with Crippen LogP contribution >= 0.6 is 0 Å². The number of benzene rings is 3. The monoisotopic (exact) mass is 581 g/mol. The number of aliphatic carboxylic acids is 1. The smallest absolute Gasteiger partial charge is 0.481 e. The number of ether oxygens (including phenoxy) is 3. The number of hydrogen-bond acceptors (Lipinski definition) is 7. The molecule has 0 saturated heterocycles. The molecule has 2 N–H and O–H groups in total. The van der Waals surface area contributed by atoms with E-state index in [0.717, 1.165) is 12.1 Å². The van der Waals surface area contributed by atoms with Crippen LogP contribution < -0.4 is 14.8 Å². The molecular formula is C27H26F3NO8S. The lowest BCUT2D eigenvalue weighted by molar-refractivity contribution is -0.274. The number of alkyl halides is 3. The molecule has 0 aliphatic heterocycles. The maximum absolute atomic E-state index is 13.1. The second-order valence-electron chi connectivity index (χ2n) is 8.75. The van der Waals surface area contributed by atoms with Gasteiger partial charge in [-0.1, -0.05) is 37.3 Å². The summed E-state index contributed by atoms with van der Waals surface area (Å²) in [5.74, 6) is -2.72. The number of carboxylic acid groups (broad SMARTS) is 1. The summed E-state index contributed by atoms with van der Waals surface area (Å²) in [6.45, 7) is 1.34. The van der Waals surface area contributed by atoms with Gasteiger partial charge >= 0.3 is 18.4 Å². The molecule has 0 heterocycles. The number of carbonyl (C=O) groups is 2. The molecule has 0 bridgehead atoms. The van der Waals surface area contributed by atoms with Gasteiger partial charge in [-0.15, -0.1) is 13.2 Å². The average Bonchev–Trinajstić information content (AvgIpc) is 2.88. The van der Waals surface area contributed by atoms with Crippen molar-refractivity contribution in [3.8, 4) is 17.2 Å². The maximum atomic E-state index is 13.1. The van der Waals surface area contributed by atoms with E-state index < -0.39 is 51.7 Å². The fraction of sp³-hybridized carbons (Fsp3) is 0.259. The van der Waals surface area contributed by atoms with Gasteiger partial charge in [0.15, 0.2) is 9.84 Å². The van der Waals surface area contributed by atoms with Gasteiger partial charge in [-0.2, -0.15) is 0 Å². The first-order valence-electron chi connectivity index (χ1n) is 11.9. The first-order valence-corrected chi connectivity index (χ1v) is 13.5. The Kier molecular flexibility index (Phi) is 9.99. The van der Waals surface area contributed by atoms with Crippen LogP contribution in [0.3, 0.4) is 0 Å². The highest BCUT2D eigenvalue weighted by Crippen LogP contribution is 2.28. The molecule has 0 spiro atoms. The Morgan fingerprint density at radius 3 is 2.00 bits per heavy atom. The van der Waals surface area contributed by atoms with Crippen molar-refractivity contribution >= 4 is 21.9 Å². The minimum atomic E-state index is -4.83. The molecule has 0 aliphatic carbocycles. The first-order chi connectivity index (χ1) is 18.8. The molecule has 0 saturated carbocycles. The summed E-state index contributed by atoms with van der Waals surface area (Å²) in [6, 6.07) is 17.6. The van der Waals surface area contributed by atoms with Crippen molar-refractivity contribution in [2.24, 2.45) is 5.92 Å². The van der Waals surface area contributed by atoms with Crippen molar-refractivity contribution in [3.05, 3.63) is 84.4 Å². The molecule has 13 heteroatoms. The molecule has 40 heavy (non-hydrogen) atoms. The molecule has 3 rings (SSSR count). The molecule has 1 unspecified atom stereocenters. The number of halogens is 3. The third-order valence-corrected chi connectivity index (χ3v) is 7.32. The van der Waals surface area contributed by atoms with Gasteiger partial charge in [0.25, 0.3) is 0 Å². The van der Waals surface area contributed by atoms with Gasteiger partial charge < -0.3 is 24.6 Å². The molecule has 3 aromatic carbocycles. The molecule has 3 aromatic rings. The number of carbonyl (C=O) groups excluding carboxylic acids is 1. The molecule has 214 valence electrons. The molecule has 0 aromatic heterocycles. The largest absolute Gasteiger partial charge is 0.573 e. The third-order valence-electron chi connectivity index (χ3n) is 5.49. The number of amides is 1. The van der Waals surface area contributed by atoms with Crippen molar-refractivity contribution in [2.45, 2.75) is 37.3 Å². The van der Waals surface area contributed by atoms with Crippen LogP contribution in [0.5, 0.6) is 17.2 Å². The van der Waals surface area contributed by atoms with Crippen molar-refractivity contribution in [1.82, 2.24) is 5.32 Å². The molecule has 2 atom stereocenters. The number of nitrogens with one attached hydrogen (secondary N) is 1. The molecule has 1 amide bonds. The Morgan fingerprint density at radius 1 is 0.900 bits per heavy atom. The minimum absolute atomic E-state index is 0.0554. The van der Waals surface area contributed by atoms with Crippen molar-refractivity contribution in [1.29, 1.82) is 0 Å². The SMILES string of the molecule is CC(C[C@@H](CS(=O)(=O)c1ccc(Oc2ccc(OC(F)(F)F)cc2)cc1)NC(=O)OCc1ccccc1)C(=O)O. The number of alkyl carbamates (subject to hydrolysis) is 1. The van der Waals surface area contributed by atoms with Gasteiger partial charge in [-0.05, 0) is 60.5 Å². The van der Waals surface area contributed by atoms with E-state index in [0.29, 0.717) is 5.56 Å². The Morgan fingerprint density at radius 2 is 1.45 bits per heavy atom. The highest BCUT2D eigenvalue weighted by molar-refractivity contribution is 7.91. The van der Waals surface area contributed by atoms with E-state index in [4.69, 9.17) is 9.47 Å². The van der Waals surface area contributed by atoms with Gasteiger partial charge in [-0.3, -0.25) is 4.79 Å². The summed E-state index contributed by atoms with van der Waals surface area (Å²) in [5, 5.41) is 11.7. The fourth-order valence-corrected chi connectivity index (χ4v) is 5.04. The molecule has 0 radical (unpaired) electrons. The van der Waals surface area contributed by atoms with E-state index in [9.17, 15) is 36.3 Å². The van der Waals surface area contributed by atoms with E-state index in [-0.39, 0.29) is 29.4 Å². The number of carboxylic acids is 1. The van der Waals surface area contributed by atoms with E-state index >= 15 is 0 Å². The zero-order valence-corrected chi connectivity index (χ0v) is 21.9. The molecular weight excluding hydrogens is 555 g/mol. The van der Waals surface area contributed by atoms with Crippen LogP contribution in [0.15, 0.2) is 83.8 Å². The lowest BCUT2D eigenvalue weighted by Gasteiger charge is -2.20. The molecule has 0 fully saturated rings. The molecule has 9 nitrogen and oxygen atoms in total. The van der Waals surface area contributed by atoms with E-state index in [1.54, 1.807) is 30.3 Å². The Bertz CT molecular complexity index is 1380. The Balaban J connectivity index is 1.65. The van der Waals surface area contributed by atoms with Crippen molar-refractivity contribution in [2.75, 3.05) is 5.75 Å². The van der Waals surface area contributed by atoms with E-state index in [1.165, 1.54) is 43.3 Å².